The zero-order valence-corrected chi connectivity index (χ0v) is 30.4. The van der Waals surface area contributed by atoms with E-state index in [0.29, 0.717) is 11.3 Å². The van der Waals surface area contributed by atoms with Crippen LogP contribution in [-0.2, 0) is 42.9 Å². The molecule has 10 atom stereocenters. The molecular formula is C39H46O13. The van der Waals surface area contributed by atoms with Gasteiger partial charge in [0, 0.05) is 31.1 Å². The van der Waals surface area contributed by atoms with Gasteiger partial charge in [-0.1, -0.05) is 45.9 Å². The van der Waals surface area contributed by atoms with Crippen LogP contribution in [0.4, 0.5) is 0 Å². The van der Waals surface area contributed by atoms with Crippen LogP contribution in [0.3, 0.4) is 0 Å². The average molecular weight is 723 g/mol. The van der Waals surface area contributed by atoms with Crippen molar-refractivity contribution in [2.24, 2.45) is 16.7 Å². The van der Waals surface area contributed by atoms with Crippen molar-refractivity contribution in [3.63, 3.8) is 0 Å². The van der Waals surface area contributed by atoms with Crippen molar-refractivity contribution < 1.29 is 62.3 Å². The minimum atomic E-state index is -2.18. The lowest BCUT2D eigenvalue weighted by Crippen LogP contribution is -2.79. The first-order valence-electron chi connectivity index (χ1n) is 17.5. The molecule has 0 amide bonds. The van der Waals surface area contributed by atoms with Gasteiger partial charge in [-0.15, -0.1) is 0 Å². The molecular weight excluding hydrogens is 676 g/mol. The normalized spacial score (nSPS) is 34.6. The van der Waals surface area contributed by atoms with Gasteiger partial charge in [0.1, 0.15) is 29.7 Å². The lowest BCUT2D eigenvalue weighted by molar-refractivity contribution is -0.332. The largest absolute Gasteiger partial charge is 0.469 e. The number of fused-ring (bicyclic) bond motifs is 5. The van der Waals surface area contributed by atoms with E-state index in [0.717, 1.165) is 6.92 Å². The van der Waals surface area contributed by atoms with Crippen molar-refractivity contribution >= 4 is 29.7 Å². The number of hydrogen-bond donors (Lipinski definition) is 2. The quantitative estimate of drug-likeness (QED) is 0.227. The van der Waals surface area contributed by atoms with Crippen molar-refractivity contribution in [1.82, 2.24) is 0 Å². The highest BCUT2D eigenvalue weighted by Gasteiger charge is 2.76. The van der Waals surface area contributed by atoms with Gasteiger partial charge < -0.3 is 38.3 Å². The first-order chi connectivity index (χ1) is 24.4. The molecule has 1 aliphatic heterocycles. The molecule has 2 bridgehead atoms. The van der Waals surface area contributed by atoms with E-state index in [1.54, 1.807) is 77.1 Å². The van der Waals surface area contributed by atoms with Crippen molar-refractivity contribution in [3.05, 3.63) is 71.2 Å². The fourth-order valence-electron chi connectivity index (χ4n) is 9.16. The summed E-state index contributed by atoms with van der Waals surface area (Å²) in [5, 5.41) is 24.5. The summed E-state index contributed by atoms with van der Waals surface area (Å²) in [7, 11) is 0. The number of hydrogen-bond acceptors (Lipinski definition) is 13. The second-order valence-electron chi connectivity index (χ2n) is 15.4. The molecule has 1 aromatic heterocycles. The predicted octanol–water partition coefficient (Wildman–Crippen LogP) is 3.99. The van der Waals surface area contributed by atoms with Crippen LogP contribution in [0, 0.1) is 16.7 Å². The molecule has 13 heteroatoms. The lowest BCUT2D eigenvalue weighted by atomic mass is 9.45. The highest BCUT2D eigenvalue weighted by molar-refractivity contribution is 5.95. The van der Waals surface area contributed by atoms with E-state index in [1.807, 2.05) is 0 Å². The molecule has 6 rings (SSSR count). The highest BCUT2D eigenvalue weighted by atomic mass is 16.6. The zero-order valence-electron chi connectivity index (χ0n) is 30.4. The minimum Gasteiger partial charge on any atom is -0.469 e. The number of rotatable bonds is 8. The van der Waals surface area contributed by atoms with Gasteiger partial charge in [-0.2, -0.15) is 0 Å². The molecule has 280 valence electrons. The second kappa shape index (κ2) is 13.3. The Morgan fingerprint density at radius 3 is 2.23 bits per heavy atom. The molecule has 2 N–H and O–H groups in total. The van der Waals surface area contributed by atoms with Crippen molar-refractivity contribution in [1.29, 1.82) is 0 Å². The van der Waals surface area contributed by atoms with E-state index in [1.165, 1.54) is 13.2 Å². The third kappa shape index (κ3) is 5.77. The van der Waals surface area contributed by atoms with E-state index < -0.39 is 94.0 Å². The standard InChI is InChI=1S/C39H46O13/c1-20-26(50-35(45)29(42)21(2)25-14-11-17-47-25)18-39(46)33(51-34(44)24-12-9-8-10-13-24)31-37(7,16-15-27-38(31,19-48-27)52-23(4)41)32(43)30(49-22(3)40)28(20)36(39,5)6/h8-14,17,21,26-27,29-31,33,42,46H,15-16,18-19H2,1-7H3/t21?,26?,27?,29?,30?,31?,33?,37-,38?,39?/m1/s1. The molecule has 1 saturated heterocycles. The molecule has 0 spiro atoms. The molecule has 9 unspecified atom stereocenters. The van der Waals surface area contributed by atoms with Gasteiger partial charge in [0.05, 0.1) is 30.3 Å². The van der Waals surface area contributed by atoms with Gasteiger partial charge in [0.25, 0.3) is 0 Å². The van der Waals surface area contributed by atoms with Crippen LogP contribution >= 0.6 is 0 Å². The number of aliphatic hydroxyl groups excluding tert-OH is 1. The smallest absolute Gasteiger partial charge is 0.338 e. The van der Waals surface area contributed by atoms with Crippen molar-refractivity contribution in [2.75, 3.05) is 6.61 Å². The molecule has 13 nitrogen and oxygen atoms in total. The van der Waals surface area contributed by atoms with E-state index in [9.17, 15) is 29.4 Å². The van der Waals surface area contributed by atoms with Gasteiger partial charge in [-0.05, 0) is 55.2 Å². The number of ketones is 1. The van der Waals surface area contributed by atoms with Gasteiger partial charge in [0.2, 0.25) is 0 Å². The van der Waals surface area contributed by atoms with E-state index >= 15 is 4.79 Å². The van der Waals surface area contributed by atoms with Crippen LogP contribution in [0.1, 0.15) is 89.8 Å². The minimum absolute atomic E-state index is 0.152. The molecule has 4 aliphatic rings. The first kappa shape index (κ1) is 37.4. The Morgan fingerprint density at radius 1 is 0.962 bits per heavy atom. The van der Waals surface area contributed by atoms with Crippen LogP contribution in [0.25, 0.3) is 0 Å². The summed E-state index contributed by atoms with van der Waals surface area (Å²) in [5.41, 5.74) is -6.06. The number of benzene rings is 1. The monoisotopic (exact) mass is 722 g/mol. The summed E-state index contributed by atoms with van der Waals surface area (Å²) in [4.78, 5) is 68.5. The van der Waals surface area contributed by atoms with Crippen molar-refractivity contribution in [3.8, 4) is 0 Å². The van der Waals surface area contributed by atoms with Crippen LogP contribution in [0.2, 0.25) is 0 Å². The lowest BCUT2D eigenvalue weighted by Gasteiger charge is -2.66. The molecule has 2 aromatic rings. The summed E-state index contributed by atoms with van der Waals surface area (Å²) >= 11 is 0. The number of aliphatic hydroxyl groups is 2. The van der Waals surface area contributed by atoms with Crippen LogP contribution < -0.4 is 0 Å². The number of Topliss-reactive ketones (excluding diaryl/α,β-unsaturated/α-hetero) is 1. The fourth-order valence-corrected chi connectivity index (χ4v) is 9.16. The Labute approximate surface area is 301 Å². The maximum Gasteiger partial charge on any atom is 0.338 e. The highest BCUT2D eigenvalue weighted by Crippen LogP contribution is 2.64. The van der Waals surface area contributed by atoms with E-state index in [-0.39, 0.29) is 37.0 Å². The molecule has 52 heavy (non-hydrogen) atoms. The van der Waals surface area contributed by atoms with Crippen LogP contribution in [0.5, 0.6) is 0 Å². The van der Waals surface area contributed by atoms with E-state index in [2.05, 4.69) is 0 Å². The summed E-state index contributed by atoms with van der Waals surface area (Å²) < 4.78 is 35.6. The Hall–Kier alpha value is -4.33. The van der Waals surface area contributed by atoms with Gasteiger partial charge in [-0.25, -0.2) is 9.59 Å². The fraction of sp³-hybridized carbons (Fsp3) is 0.564. The van der Waals surface area contributed by atoms with Gasteiger partial charge in [0.15, 0.2) is 23.6 Å². The SMILES string of the molecule is CC(=O)OC1C(=O)[C@]2(C)CCC3OCC3(OC(C)=O)C2C(OC(=O)c2ccccc2)C2(O)CC(OC(=O)C(O)C(C)c3ccco3)C(C)=C1C2(C)C. The summed E-state index contributed by atoms with van der Waals surface area (Å²) in [5.74, 6) is -5.55. The Balaban J connectivity index is 1.57. The zero-order chi connectivity index (χ0) is 38.0. The predicted molar refractivity (Wildman–Crippen MR) is 180 cm³/mol. The Kier molecular flexibility index (Phi) is 9.55. The van der Waals surface area contributed by atoms with Crippen LogP contribution in [0.15, 0.2) is 64.3 Å². The number of ether oxygens (including phenoxy) is 5. The van der Waals surface area contributed by atoms with Crippen LogP contribution in [-0.4, -0.2) is 88.2 Å². The Morgan fingerprint density at radius 2 is 1.65 bits per heavy atom. The van der Waals surface area contributed by atoms with Gasteiger partial charge >= 0.3 is 23.9 Å². The maximum atomic E-state index is 15.2. The topological polar surface area (TPSA) is 185 Å². The number of carbonyl (C=O) groups is 5. The third-order valence-corrected chi connectivity index (χ3v) is 12.0. The van der Waals surface area contributed by atoms with Gasteiger partial charge in [-0.3, -0.25) is 14.4 Å². The van der Waals surface area contributed by atoms with E-state index in [4.69, 9.17) is 28.1 Å². The third-order valence-electron chi connectivity index (χ3n) is 12.0. The van der Waals surface area contributed by atoms with Crippen molar-refractivity contribution in [2.45, 2.75) is 115 Å². The molecule has 2 heterocycles. The second-order valence-corrected chi connectivity index (χ2v) is 15.4. The number of furan rings is 1. The molecule has 0 radical (unpaired) electrons. The summed E-state index contributed by atoms with van der Waals surface area (Å²) in [6, 6.07) is 11.3. The number of carbonyl (C=O) groups excluding carboxylic acids is 5. The first-order valence-corrected chi connectivity index (χ1v) is 17.5. The molecule has 3 fully saturated rings. The molecule has 3 aliphatic carbocycles. The average Bonchev–Trinajstić information content (AvgIpc) is 3.62. The maximum absolute atomic E-state index is 15.2. The molecule has 1 aromatic carbocycles. The summed E-state index contributed by atoms with van der Waals surface area (Å²) in [6.45, 7) is 10.4. The summed E-state index contributed by atoms with van der Waals surface area (Å²) in [6.07, 6.45) is -5.36. The Bertz CT molecular complexity index is 1780. The molecule has 2 saturated carbocycles. The number of esters is 4.